The molecule has 2 aromatic rings. The Hall–Kier alpha value is -2.42. The Morgan fingerprint density at radius 1 is 1.16 bits per heavy atom. The number of carbonyl (C=O) groups is 1. The van der Waals surface area contributed by atoms with Gasteiger partial charge in [-0.25, -0.2) is 4.79 Å². The van der Waals surface area contributed by atoms with Gasteiger partial charge >= 0.3 is 5.97 Å². The summed E-state index contributed by atoms with van der Waals surface area (Å²) in [5, 5.41) is 10.5. The second-order valence-corrected chi connectivity index (χ2v) is 9.16. The number of nitrogens with zero attached hydrogens (tertiary/aromatic N) is 1. The first-order chi connectivity index (χ1) is 15.6. The minimum atomic E-state index is -0.627. The van der Waals surface area contributed by atoms with Gasteiger partial charge in [-0.05, 0) is 24.5 Å². The summed E-state index contributed by atoms with van der Waals surface area (Å²) in [6.45, 7) is 3.11. The minimum Gasteiger partial charge on any atom is -0.490 e. The molecule has 3 aliphatic rings. The lowest BCUT2D eigenvalue weighted by molar-refractivity contribution is -0.0497. The Morgan fingerprint density at radius 2 is 1.94 bits per heavy atom. The van der Waals surface area contributed by atoms with Crippen LogP contribution in [-0.2, 0) is 10.3 Å². The van der Waals surface area contributed by atoms with Gasteiger partial charge in [-0.2, -0.15) is 0 Å². The fraction of sp³-hybridized carbons (Fsp3) is 0.458. The molecule has 3 aliphatic heterocycles. The number of β-amino-alcohol motifs (C(OH)–C–C–N with tert-alkyl or cyclic N) is 1. The predicted octanol–water partition coefficient (Wildman–Crippen LogP) is 3.08. The van der Waals surface area contributed by atoms with Gasteiger partial charge in [0.25, 0.3) is 0 Å². The summed E-state index contributed by atoms with van der Waals surface area (Å²) in [7, 11) is 0. The number of hydrogen-bond donors (Lipinski definition) is 1. The third-order valence-corrected chi connectivity index (χ3v) is 7.10. The molecular weight excluding hydrogens is 430 g/mol. The number of aliphatic hydroxyl groups excluding tert-OH is 1. The summed E-state index contributed by atoms with van der Waals surface area (Å²) in [5.41, 5.74) is 0.776. The first kappa shape index (κ1) is 21.4. The quantitative estimate of drug-likeness (QED) is 0.524. The fourth-order valence-corrected chi connectivity index (χ4v) is 5.27. The lowest BCUT2D eigenvalue weighted by Crippen LogP contribution is -2.46. The molecule has 8 heteroatoms. The van der Waals surface area contributed by atoms with Crippen molar-refractivity contribution >= 4 is 17.7 Å². The van der Waals surface area contributed by atoms with Crippen LogP contribution in [0.3, 0.4) is 0 Å². The Labute approximate surface area is 191 Å². The summed E-state index contributed by atoms with van der Waals surface area (Å²) in [6, 6.07) is 11.6. The molecule has 1 fully saturated rings. The molecule has 0 bridgehead atoms. The van der Waals surface area contributed by atoms with Crippen LogP contribution in [0, 0.1) is 0 Å². The molecule has 3 heterocycles. The molecule has 7 nitrogen and oxygen atoms in total. The predicted molar refractivity (Wildman–Crippen MR) is 120 cm³/mol. The van der Waals surface area contributed by atoms with Crippen molar-refractivity contribution in [2.45, 2.75) is 29.4 Å². The van der Waals surface area contributed by atoms with Gasteiger partial charge in [0.05, 0.1) is 0 Å². The van der Waals surface area contributed by atoms with E-state index in [4.69, 9.17) is 18.9 Å². The number of piperidine rings is 1. The van der Waals surface area contributed by atoms with E-state index in [0.717, 1.165) is 29.3 Å². The van der Waals surface area contributed by atoms with Gasteiger partial charge in [0.2, 0.25) is 0 Å². The van der Waals surface area contributed by atoms with E-state index < -0.39 is 11.7 Å². The zero-order chi connectivity index (χ0) is 22.1. The van der Waals surface area contributed by atoms with Gasteiger partial charge in [0.1, 0.15) is 42.8 Å². The van der Waals surface area contributed by atoms with E-state index in [1.165, 1.54) is 0 Å². The average Bonchev–Trinajstić information content (AvgIpc) is 3.11. The van der Waals surface area contributed by atoms with Crippen molar-refractivity contribution in [3.05, 3.63) is 47.5 Å². The molecule has 0 radical (unpaired) electrons. The standard InChI is InChI=1S/C24H27NO6S/c1-32-20-5-3-2-4-18(20)30-15-16(26)14-25-10-8-24(9-11-25)17-6-7-19-22(29-13-12-28-19)21(17)23(27)31-24/h2-7,16,26H,8-15H2,1H3/t16-/m0/s1. The Balaban J connectivity index is 1.20. The molecule has 1 spiro atoms. The maximum Gasteiger partial charge on any atom is 0.343 e. The normalized spacial score (nSPS) is 20.0. The summed E-state index contributed by atoms with van der Waals surface area (Å²) in [5.74, 6) is 1.57. The Morgan fingerprint density at radius 3 is 2.75 bits per heavy atom. The first-order valence-electron chi connectivity index (χ1n) is 10.9. The van der Waals surface area contributed by atoms with E-state index in [1.54, 1.807) is 11.8 Å². The van der Waals surface area contributed by atoms with Crippen LogP contribution < -0.4 is 14.2 Å². The monoisotopic (exact) mass is 457 g/mol. The molecule has 2 aromatic carbocycles. The number of esters is 1. The SMILES string of the molecule is CSc1ccccc1OC[C@@H](O)CN1CCC2(CC1)OC(=O)c1c2ccc2c1OCCO2. The molecule has 170 valence electrons. The molecule has 32 heavy (non-hydrogen) atoms. The van der Waals surface area contributed by atoms with Crippen molar-refractivity contribution < 1.29 is 28.8 Å². The van der Waals surface area contributed by atoms with E-state index in [2.05, 4.69) is 4.90 Å². The van der Waals surface area contributed by atoms with Crippen LogP contribution in [0.1, 0.15) is 28.8 Å². The van der Waals surface area contributed by atoms with Gasteiger partial charge in [-0.1, -0.05) is 18.2 Å². The molecule has 1 atom stereocenters. The minimum absolute atomic E-state index is 0.237. The topological polar surface area (TPSA) is 77.5 Å². The molecule has 0 saturated carbocycles. The number of para-hydroxylation sites is 1. The highest BCUT2D eigenvalue weighted by Crippen LogP contribution is 2.50. The number of carbonyl (C=O) groups excluding carboxylic acids is 1. The van der Waals surface area contributed by atoms with Crippen molar-refractivity contribution in [1.29, 1.82) is 0 Å². The Kier molecular flexibility index (Phi) is 5.92. The average molecular weight is 458 g/mol. The van der Waals surface area contributed by atoms with Crippen LogP contribution in [0.15, 0.2) is 41.3 Å². The van der Waals surface area contributed by atoms with Gasteiger partial charge in [0, 0.05) is 42.9 Å². The smallest absolute Gasteiger partial charge is 0.343 e. The second-order valence-electron chi connectivity index (χ2n) is 8.31. The largest absolute Gasteiger partial charge is 0.490 e. The number of ether oxygens (including phenoxy) is 4. The van der Waals surface area contributed by atoms with E-state index in [0.29, 0.717) is 49.7 Å². The maximum atomic E-state index is 12.7. The van der Waals surface area contributed by atoms with E-state index in [1.807, 2.05) is 42.7 Å². The van der Waals surface area contributed by atoms with Crippen LogP contribution >= 0.6 is 11.8 Å². The number of likely N-dealkylation sites (tertiary alicyclic amines) is 1. The number of aliphatic hydroxyl groups is 1. The first-order valence-corrected chi connectivity index (χ1v) is 12.1. The van der Waals surface area contributed by atoms with Gasteiger partial charge in [-0.15, -0.1) is 11.8 Å². The lowest BCUT2D eigenvalue weighted by atomic mass is 9.83. The van der Waals surface area contributed by atoms with E-state index >= 15 is 0 Å². The number of thioether (sulfide) groups is 1. The van der Waals surface area contributed by atoms with Crippen LogP contribution in [-0.4, -0.2) is 67.8 Å². The van der Waals surface area contributed by atoms with Gasteiger partial charge < -0.3 is 29.0 Å². The summed E-state index contributed by atoms with van der Waals surface area (Å²) >= 11 is 1.62. The molecule has 1 N–H and O–H groups in total. The fourth-order valence-electron chi connectivity index (χ4n) is 4.72. The summed E-state index contributed by atoms with van der Waals surface area (Å²) in [4.78, 5) is 16.0. The molecule has 5 rings (SSSR count). The molecule has 0 amide bonds. The third kappa shape index (κ3) is 3.91. The van der Waals surface area contributed by atoms with Gasteiger partial charge in [0.15, 0.2) is 11.5 Å². The summed E-state index contributed by atoms with van der Waals surface area (Å²) < 4.78 is 23.1. The van der Waals surface area contributed by atoms with E-state index in [9.17, 15) is 9.90 Å². The van der Waals surface area contributed by atoms with E-state index in [-0.39, 0.29) is 12.6 Å². The number of hydrogen-bond acceptors (Lipinski definition) is 8. The van der Waals surface area contributed by atoms with Gasteiger partial charge in [-0.3, -0.25) is 0 Å². The highest BCUT2D eigenvalue weighted by atomic mass is 32.2. The van der Waals surface area contributed by atoms with Crippen LogP contribution in [0.5, 0.6) is 17.2 Å². The highest BCUT2D eigenvalue weighted by Gasteiger charge is 2.49. The number of fused-ring (bicyclic) bond motifs is 4. The zero-order valence-corrected chi connectivity index (χ0v) is 18.9. The van der Waals surface area contributed by atoms with Crippen LogP contribution in [0.2, 0.25) is 0 Å². The zero-order valence-electron chi connectivity index (χ0n) is 18.0. The Bertz CT molecular complexity index is 1000. The molecule has 0 aliphatic carbocycles. The molecule has 1 saturated heterocycles. The second kappa shape index (κ2) is 8.84. The van der Waals surface area contributed by atoms with Crippen molar-refractivity contribution in [3.63, 3.8) is 0 Å². The third-order valence-electron chi connectivity index (χ3n) is 6.32. The summed E-state index contributed by atoms with van der Waals surface area (Å²) in [6.07, 6.45) is 2.75. The van der Waals surface area contributed by atoms with Crippen LogP contribution in [0.25, 0.3) is 0 Å². The van der Waals surface area contributed by atoms with Crippen molar-refractivity contribution in [2.75, 3.05) is 45.7 Å². The van der Waals surface area contributed by atoms with Crippen molar-refractivity contribution in [3.8, 4) is 17.2 Å². The van der Waals surface area contributed by atoms with Crippen LogP contribution in [0.4, 0.5) is 0 Å². The highest BCUT2D eigenvalue weighted by molar-refractivity contribution is 7.98. The molecular formula is C24H27NO6S. The maximum absolute atomic E-state index is 12.7. The number of benzene rings is 2. The lowest BCUT2D eigenvalue weighted by Gasteiger charge is -2.39. The van der Waals surface area contributed by atoms with Crippen molar-refractivity contribution in [1.82, 2.24) is 4.90 Å². The number of rotatable bonds is 6. The molecule has 0 unspecified atom stereocenters. The van der Waals surface area contributed by atoms with Crippen molar-refractivity contribution in [2.24, 2.45) is 0 Å². The molecule has 0 aromatic heterocycles.